The van der Waals surface area contributed by atoms with Crippen LogP contribution in [0.5, 0.6) is 0 Å². The maximum atomic E-state index is 12.7. The van der Waals surface area contributed by atoms with Crippen LogP contribution in [0.4, 0.5) is 4.39 Å². The van der Waals surface area contributed by atoms with Crippen molar-refractivity contribution in [3.63, 3.8) is 0 Å². The summed E-state index contributed by atoms with van der Waals surface area (Å²) >= 11 is 0. The average molecular weight is 278 g/mol. The SMILES string of the molecule is O=C(CC1CCCCC1)NNC(=O)c1ccc(F)cc1. The Morgan fingerprint density at radius 3 is 2.35 bits per heavy atom. The van der Waals surface area contributed by atoms with Crippen molar-refractivity contribution in [2.24, 2.45) is 5.92 Å². The summed E-state index contributed by atoms with van der Waals surface area (Å²) in [7, 11) is 0. The molecule has 0 saturated heterocycles. The average Bonchev–Trinajstić information content (AvgIpc) is 2.46. The molecule has 1 fully saturated rings. The molecular weight excluding hydrogens is 259 g/mol. The van der Waals surface area contributed by atoms with Crippen molar-refractivity contribution >= 4 is 11.8 Å². The zero-order valence-electron chi connectivity index (χ0n) is 11.3. The van der Waals surface area contributed by atoms with E-state index in [0.29, 0.717) is 17.9 Å². The van der Waals surface area contributed by atoms with E-state index in [4.69, 9.17) is 0 Å². The van der Waals surface area contributed by atoms with Crippen LogP contribution in [0.2, 0.25) is 0 Å². The second-order valence-corrected chi connectivity index (χ2v) is 5.22. The molecule has 2 N–H and O–H groups in total. The zero-order valence-corrected chi connectivity index (χ0v) is 11.3. The van der Waals surface area contributed by atoms with Crippen LogP contribution < -0.4 is 10.9 Å². The molecule has 1 aromatic carbocycles. The standard InChI is InChI=1S/C15H19FN2O2/c16-13-8-6-12(7-9-13)15(20)18-17-14(19)10-11-4-2-1-3-5-11/h6-9,11H,1-5,10H2,(H,17,19)(H,18,20). The Balaban J connectivity index is 1.75. The Kier molecular flexibility index (Phi) is 5.09. The zero-order chi connectivity index (χ0) is 14.4. The molecule has 0 spiro atoms. The highest BCUT2D eigenvalue weighted by Crippen LogP contribution is 2.25. The normalized spacial score (nSPS) is 15.7. The van der Waals surface area contributed by atoms with Crippen molar-refractivity contribution in [1.82, 2.24) is 10.9 Å². The monoisotopic (exact) mass is 278 g/mol. The first-order chi connectivity index (χ1) is 9.65. The first-order valence-corrected chi connectivity index (χ1v) is 7.00. The van der Waals surface area contributed by atoms with Crippen molar-refractivity contribution in [1.29, 1.82) is 0 Å². The van der Waals surface area contributed by atoms with Crippen molar-refractivity contribution in [3.8, 4) is 0 Å². The van der Waals surface area contributed by atoms with Crippen LogP contribution in [0.3, 0.4) is 0 Å². The van der Waals surface area contributed by atoms with E-state index >= 15 is 0 Å². The summed E-state index contributed by atoms with van der Waals surface area (Å²) in [5.74, 6) is -0.594. The highest BCUT2D eigenvalue weighted by Gasteiger charge is 2.17. The molecule has 0 unspecified atom stereocenters. The van der Waals surface area contributed by atoms with Crippen molar-refractivity contribution in [3.05, 3.63) is 35.6 Å². The molecule has 1 saturated carbocycles. The third kappa shape index (κ3) is 4.33. The van der Waals surface area contributed by atoms with Gasteiger partial charge >= 0.3 is 0 Å². The summed E-state index contributed by atoms with van der Waals surface area (Å²) in [6, 6.07) is 5.16. The molecule has 20 heavy (non-hydrogen) atoms. The van der Waals surface area contributed by atoms with Gasteiger partial charge in [0, 0.05) is 12.0 Å². The van der Waals surface area contributed by atoms with Gasteiger partial charge in [0.25, 0.3) is 5.91 Å². The summed E-state index contributed by atoms with van der Waals surface area (Å²) < 4.78 is 12.7. The fourth-order valence-electron chi connectivity index (χ4n) is 2.50. The second kappa shape index (κ2) is 7.03. The Labute approximate surface area is 117 Å². The number of amides is 2. The van der Waals surface area contributed by atoms with E-state index in [0.717, 1.165) is 12.8 Å². The minimum absolute atomic E-state index is 0.174. The molecule has 1 aromatic rings. The lowest BCUT2D eigenvalue weighted by Crippen LogP contribution is -2.42. The quantitative estimate of drug-likeness (QED) is 0.835. The molecule has 108 valence electrons. The molecule has 0 bridgehead atoms. The summed E-state index contributed by atoms with van der Waals surface area (Å²) in [5.41, 5.74) is 5.07. The third-order valence-electron chi connectivity index (χ3n) is 3.62. The van der Waals surface area contributed by atoms with Gasteiger partial charge in [0.05, 0.1) is 0 Å². The Morgan fingerprint density at radius 2 is 1.70 bits per heavy atom. The lowest BCUT2D eigenvalue weighted by molar-refractivity contribution is -0.123. The van der Waals surface area contributed by atoms with Gasteiger partial charge in [-0.3, -0.25) is 20.4 Å². The van der Waals surface area contributed by atoms with Crippen molar-refractivity contribution in [2.45, 2.75) is 38.5 Å². The lowest BCUT2D eigenvalue weighted by atomic mass is 9.87. The van der Waals surface area contributed by atoms with Gasteiger partial charge in [-0.25, -0.2) is 4.39 Å². The number of carbonyl (C=O) groups excluding carboxylic acids is 2. The molecule has 0 aromatic heterocycles. The van der Waals surface area contributed by atoms with Crippen LogP contribution in [-0.2, 0) is 4.79 Å². The minimum atomic E-state index is -0.443. The van der Waals surface area contributed by atoms with E-state index in [2.05, 4.69) is 10.9 Å². The molecule has 1 aliphatic carbocycles. The van der Waals surface area contributed by atoms with E-state index in [-0.39, 0.29) is 5.91 Å². The van der Waals surface area contributed by atoms with Crippen LogP contribution >= 0.6 is 0 Å². The van der Waals surface area contributed by atoms with Crippen LogP contribution in [0.25, 0.3) is 0 Å². The van der Waals surface area contributed by atoms with Gasteiger partial charge in [0.15, 0.2) is 0 Å². The third-order valence-corrected chi connectivity index (χ3v) is 3.62. The lowest BCUT2D eigenvalue weighted by Gasteiger charge is -2.20. The van der Waals surface area contributed by atoms with E-state index < -0.39 is 11.7 Å². The maximum absolute atomic E-state index is 12.7. The van der Waals surface area contributed by atoms with Gasteiger partial charge in [-0.2, -0.15) is 0 Å². The van der Waals surface area contributed by atoms with Crippen molar-refractivity contribution < 1.29 is 14.0 Å². The molecule has 2 rings (SSSR count). The number of carbonyl (C=O) groups is 2. The topological polar surface area (TPSA) is 58.2 Å². The fraction of sp³-hybridized carbons (Fsp3) is 0.467. The Hall–Kier alpha value is -1.91. The molecular formula is C15H19FN2O2. The molecule has 0 atom stereocenters. The molecule has 2 amide bonds. The Bertz CT molecular complexity index is 467. The van der Waals surface area contributed by atoms with Crippen LogP contribution in [0, 0.1) is 11.7 Å². The largest absolute Gasteiger partial charge is 0.273 e. The summed E-state index contributed by atoms with van der Waals surface area (Å²) in [6.07, 6.45) is 6.22. The van der Waals surface area contributed by atoms with Gasteiger partial charge < -0.3 is 0 Å². The number of rotatable bonds is 3. The van der Waals surface area contributed by atoms with Gasteiger partial charge in [-0.15, -0.1) is 0 Å². The predicted molar refractivity (Wildman–Crippen MR) is 73.2 cm³/mol. The first kappa shape index (κ1) is 14.5. The smallest absolute Gasteiger partial charge is 0.269 e. The first-order valence-electron chi connectivity index (χ1n) is 7.00. The summed E-state index contributed by atoms with van der Waals surface area (Å²) in [6.45, 7) is 0. The second-order valence-electron chi connectivity index (χ2n) is 5.22. The van der Waals surface area contributed by atoms with Gasteiger partial charge in [-0.05, 0) is 43.0 Å². The van der Waals surface area contributed by atoms with Crippen LogP contribution in [0.1, 0.15) is 48.9 Å². The maximum Gasteiger partial charge on any atom is 0.269 e. The van der Waals surface area contributed by atoms with Gasteiger partial charge in [0.2, 0.25) is 5.91 Å². The molecule has 0 heterocycles. The van der Waals surface area contributed by atoms with E-state index in [1.54, 1.807) is 0 Å². The van der Waals surface area contributed by atoms with Crippen molar-refractivity contribution in [2.75, 3.05) is 0 Å². The number of nitrogens with one attached hydrogen (secondary N) is 2. The number of halogens is 1. The number of hydrogen-bond acceptors (Lipinski definition) is 2. The van der Waals surface area contributed by atoms with E-state index in [1.807, 2.05) is 0 Å². The van der Waals surface area contributed by atoms with Crippen LogP contribution in [0.15, 0.2) is 24.3 Å². The number of benzene rings is 1. The minimum Gasteiger partial charge on any atom is -0.273 e. The molecule has 0 aliphatic heterocycles. The molecule has 1 aliphatic rings. The highest BCUT2D eigenvalue weighted by atomic mass is 19.1. The number of hydrazine groups is 1. The van der Waals surface area contributed by atoms with E-state index in [1.165, 1.54) is 43.5 Å². The number of hydrogen-bond donors (Lipinski definition) is 2. The predicted octanol–water partition coefficient (Wildman–Crippen LogP) is 2.56. The molecule has 5 heteroatoms. The van der Waals surface area contributed by atoms with Gasteiger partial charge in [0.1, 0.15) is 5.82 Å². The van der Waals surface area contributed by atoms with Gasteiger partial charge in [-0.1, -0.05) is 19.3 Å². The summed E-state index contributed by atoms with van der Waals surface area (Å²) in [4.78, 5) is 23.4. The van der Waals surface area contributed by atoms with Crippen LogP contribution in [-0.4, -0.2) is 11.8 Å². The molecule has 4 nitrogen and oxygen atoms in total. The Morgan fingerprint density at radius 1 is 1.05 bits per heavy atom. The van der Waals surface area contributed by atoms with E-state index in [9.17, 15) is 14.0 Å². The fourth-order valence-corrected chi connectivity index (χ4v) is 2.50. The molecule has 0 radical (unpaired) electrons. The highest BCUT2D eigenvalue weighted by molar-refractivity contribution is 5.95. The summed E-state index contributed by atoms with van der Waals surface area (Å²) in [5, 5.41) is 0.